The molecule has 1 N–H and O–H groups in total. The minimum Gasteiger partial charge on any atom is -0.321 e. The van der Waals surface area contributed by atoms with E-state index in [4.69, 9.17) is 11.6 Å². The van der Waals surface area contributed by atoms with Gasteiger partial charge in [-0.2, -0.15) is 0 Å². The zero-order valence-corrected chi connectivity index (χ0v) is 11.3. The van der Waals surface area contributed by atoms with E-state index in [9.17, 15) is 4.79 Å². The van der Waals surface area contributed by atoms with Crippen LogP contribution < -0.4 is 5.43 Å². The maximum atomic E-state index is 10.9. The molecule has 0 aliphatic rings. The number of aromatic nitrogens is 2. The van der Waals surface area contributed by atoms with Crippen LogP contribution in [0.5, 0.6) is 0 Å². The Bertz CT molecular complexity index is 767. The fourth-order valence-corrected chi connectivity index (χ4v) is 2.31. The lowest BCUT2D eigenvalue weighted by molar-refractivity contribution is 0.111. The van der Waals surface area contributed by atoms with Gasteiger partial charge in [0.1, 0.15) is 5.69 Å². The summed E-state index contributed by atoms with van der Waals surface area (Å²) in [5.41, 5.74) is 5.74. The molecule has 0 saturated carbocycles. The number of nitrogens with one attached hydrogen (secondary N) is 1. The number of carbonyl (C=O) groups excluding carboxylic acids is 1. The molecular weight excluding hydrogens is 274 g/mol. The molecule has 20 heavy (non-hydrogen) atoms. The average molecular weight is 286 g/mol. The molecule has 3 aromatic rings. The topological polar surface area (TPSA) is 46.9 Å². The molecule has 0 saturated heterocycles. The van der Waals surface area contributed by atoms with Crippen molar-refractivity contribution in [1.82, 2.24) is 9.66 Å². The summed E-state index contributed by atoms with van der Waals surface area (Å²) in [6.07, 6.45) is 4.38. The summed E-state index contributed by atoms with van der Waals surface area (Å²) in [6, 6.07) is 11.2. The zero-order valence-electron chi connectivity index (χ0n) is 10.6. The number of hydrogen-bond acceptors (Lipinski definition) is 3. The van der Waals surface area contributed by atoms with Gasteiger partial charge >= 0.3 is 0 Å². The Morgan fingerprint density at radius 3 is 3.05 bits per heavy atom. The molecule has 0 unspecified atom stereocenters. The highest BCUT2D eigenvalue weighted by atomic mass is 35.5. The summed E-state index contributed by atoms with van der Waals surface area (Å²) in [6.45, 7) is 0.593. The normalized spacial score (nSPS) is 10.7. The molecule has 0 fully saturated rings. The molecule has 3 rings (SSSR count). The van der Waals surface area contributed by atoms with Crippen molar-refractivity contribution >= 4 is 28.8 Å². The summed E-state index contributed by atoms with van der Waals surface area (Å²) in [5, 5.41) is 1.72. The van der Waals surface area contributed by atoms with Gasteiger partial charge in [0.25, 0.3) is 0 Å². The maximum absolute atomic E-state index is 10.9. The molecule has 5 heteroatoms. The Kier molecular flexibility index (Phi) is 3.39. The van der Waals surface area contributed by atoms with E-state index in [1.165, 1.54) is 0 Å². The molecule has 0 aliphatic carbocycles. The van der Waals surface area contributed by atoms with Crippen LogP contribution in [-0.2, 0) is 6.54 Å². The van der Waals surface area contributed by atoms with Crippen molar-refractivity contribution in [3.8, 4) is 0 Å². The zero-order chi connectivity index (χ0) is 13.9. The van der Waals surface area contributed by atoms with Crippen LogP contribution in [0.2, 0.25) is 5.02 Å². The minimum absolute atomic E-state index is 0.589. The number of hydrogen-bond donors (Lipinski definition) is 1. The van der Waals surface area contributed by atoms with Gasteiger partial charge in [0, 0.05) is 22.8 Å². The average Bonchev–Trinajstić information content (AvgIpc) is 2.92. The first-order chi connectivity index (χ1) is 9.78. The van der Waals surface area contributed by atoms with Crippen LogP contribution in [0.25, 0.3) is 10.9 Å². The largest absolute Gasteiger partial charge is 0.321 e. The monoisotopic (exact) mass is 285 g/mol. The van der Waals surface area contributed by atoms with Gasteiger partial charge in [0.15, 0.2) is 6.29 Å². The second-order valence-electron chi connectivity index (χ2n) is 4.39. The standard InChI is InChI=1S/C15H12ClN3O/c16-12-3-4-14-11(5-6-17-15(14)8-12)9-18-19-7-1-2-13(19)10-20/h1-8,10,18H,9H2. The van der Waals surface area contributed by atoms with Crippen LogP contribution in [0.15, 0.2) is 48.8 Å². The molecule has 0 bridgehead atoms. The van der Waals surface area contributed by atoms with Crippen LogP contribution in [0.1, 0.15) is 16.1 Å². The van der Waals surface area contributed by atoms with Gasteiger partial charge in [0.05, 0.1) is 12.1 Å². The van der Waals surface area contributed by atoms with Gasteiger partial charge in [-0.1, -0.05) is 17.7 Å². The quantitative estimate of drug-likeness (QED) is 0.749. The Labute approximate surface area is 121 Å². The number of aldehydes is 1. The van der Waals surface area contributed by atoms with Gasteiger partial charge in [-0.3, -0.25) is 14.5 Å². The molecule has 0 aliphatic heterocycles. The van der Waals surface area contributed by atoms with Crippen LogP contribution >= 0.6 is 11.6 Å². The number of rotatable bonds is 4. The predicted molar refractivity (Wildman–Crippen MR) is 79.6 cm³/mol. The van der Waals surface area contributed by atoms with E-state index in [1.54, 1.807) is 16.9 Å². The van der Waals surface area contributed by atoms with Gasteiger partial charge in [-0.25, -0.2) is 0 Å². The molecule has 1 aromatic carbocycles. The van der Waals surface area contributed by atoms with Crippen molar-refractivity contribution in [1.29, 1.82) is 0 Å². The minimum atomic E-state index is 0.589. The van der Waals surface area contributed by atoms with Gasteiger partial charge in [-0.05, 0) is 35.9 Å². The third-order valence-corrected chi connectivity index (χ3v) is 3.37. The number of nitrogens with zero attached hydrogens (tertiary/aromatic N) is 2. The molecule has 4 nitrogen and oxygen atoms in total. The smallest absolute Gasteiger partial charge is 0.168 e. The number of pyridine rings is 1. The van der Waals surface area contributed by atoms with E-state index < -0.39 is 0 Å². The molecule has 0 radical (unpaired) electrons. The summed E-state index contributed by atoms with van der Waals surface area (Å²) in [7, 11) is 0. The van der Waals surface area contributed by atoms with Crippen LogP contribution in [0, 0.1) is 0 Å². The van der Waals surface area contributed by atoms with Gasteiger partial charge in [0.2, 0.25) is 0 Å². The highest BCUT2D eigenvalue weighted by molar-refractivity contribution is 6.31. The summed E-state index contributed by atoms with van der Waals surface area (Å²) in [5.74, 6) is 0. The van der Waals surface area contributed by atoms with E-state index in [0.29, 0.717) is 17.3 Å². The summed E-state index contributed by atoms with van der Waals surface area (Å²) >= 11 is 5.97. The number of carbonyl (C=O) groups is 1. The van der Waals surface area contributed by atoms with Crippen molar-refractivity contribution in [2.75, 3.05) is 5.43 Å². The SMILES string of the molecule is O=Cc1cccn1NCc1ccnc2cc(Cl)ccc12. The molecule has 0 amide bonds. The Balaban J connectivity index is 1.89. The van der Waals surface area contributed by atoms with Crippen molar-refractivity contribution in [3.63, 3.8) is 0 Å². The second kappa shape index (κ2) is 5.35. The van der Waals surface area contributed by atoms with Crippen molar-refractivity contribution in [2.24, 2.45) is 0 Å². The Morgan fingerprint density at radius 1 is 1.30 bits per heavy atom. The lowest BCUT2D eigenvalue weighted by Crippen LogP contribution is -2.15. The van der Waals surface area contributed by atoms with Crippen LogP contribution in [-0.4, -0.2) is 15.9 Å². The predicted octanol–water partition coefficient (Wildman–Crippen LogP) is 3.25. The summed E-state index contributed by atoms with van der Waals surface area (Å²) < 4.78 is 1.70. The van der Waals surface area contributed by atoms with Crippen LogP contribution in [0.4, 0.5) is 0 Å². The highest BCUT2D eigenvalue weighted by Gasteiger charge is 2.04. The van der Waals surface area contributed by atoms with E-state index in [2.05, 4.69) is 10.4 Å². The van der Waals surface area contributed by atoms with E-state index in [0.717, 1.165) is 22.8 Å². The number of benzene rings is 1. The first-order valence-electron chi connectivity index (χ1n) is 6.17. The third kappa shape index (κ3) is 2.38. The molecule has 2 aromatic heterocycles. The van der Waals surface area contributed by atoms with Gasteiger partial charge in [-0.15, -0.1) is 0 Å². The molecule has 0 spiro atoms. The second-order valence-corrected chi connectivity index (χ2v) is 4.82. The lowest BCUT2D eigenvalue weighted by Gasteiger charge is -2.11. The molecule has 2 heterocycles. The molecular formula is C15H12ClN3O. The number of halogens is 1. The first kappa shape index (κ1) is 12.7. The van der Waals surface area contributed by atoms with Gasteiger partial charge < -0.3 is 5.43 Å². The fraction of sp³-hybridized carbons (Fsp3) is 0.0667. The lowest BCUT2D eigenvalue weighted by atomic mass is 10.1. The molecule has 0 atom stereocenters. The Morgan fingerprint density at radius 2 is 2.20 bits per heavy atom. The highest BCUT2D eigenvalue weighted by Crippen LogP contribution is 2.20. The van der Waals surface area contributed by atoms with E-state index in [1.807, 2.05) is 36.5 Å². The van der Waals surface area contributed by atoms with Crippen molar-refractivity contribution in [3.05, 3.63) is 65.1 Å². The van der Waals surface area contributed by atoms with Crippen LogP contribution in [0.3, 0.4) is 0 Å². The summed E-state index contributed by atoms with van der Waals surface area (Å²) in [4.78, 5) is 15.2. The number of fused-ring (bicyclic) bond motifs is 1. The van der Waals surface area contributed by atoms with E-state index >= 15 is 0 Å². The van der Waals surface area contributed by atoms with Crippen molar-refractivity contribution < 1.29 is 4.79 Å². The molecule has 100 valence electrons. The fourth-order valence-electron chi connectivity index (χ4n) is 2.14. The van der Waals surface area contributed by atoms with Crippen molar-refractivity contribution in [2.45, 2.75) is 6.54 Å². The maximum Gasteiger partial charge on any atom is 0.168 e. The first-order valence-corrected chi connectivity index (χ1v) is 6.55. The third-order valence-electron chi connectivity index (χ3n) is 3.14. The Hall–Kier alpha value is -2.33. The van der Waals surface area contributed by atoms with E-state index in [-0.39, 0.29) is 0 Å².